The highest BCUT2D eigenvalue weighted by Gasteiger charge is 2.45. The molecule has 1 saturated carbocycles. The second-order valence-corrected chi connectivity index (χ2v) is 7.32. The highest BCUT2D eigenvalue weighted by atomic mass is 79.9. The number of hydrogen-bond acceptors (Lipinski definition) is 3. The van der Waals surface area contributed by atoms with E-state index in [1.165, 1.54) is 0 Å². The molecule has 0 spiro atoms. The summed E-state index contributed by atoms with van der Waals surface area (Å²) in [5.74, 6) is 0.847. The van der Waals surface area contributed by atoms with Crippen molar-refractivity contribution in [1.82, 2.24) is 9.88 Å². The van der Waals surface area contributed by atoms with E-state index in [-0.39, 0.29) is 11.2 Å². The van der Waals surface area contributed by atoms with E-state index in [1.807, 2.05) is 13.2 Å². The molecule has 0 saturated heterocycles. The van der Waals surface area contributed by atoms with E-state index in [0.717, 1.165) is 23.1 Å². The van der Waals surface area contributed by atoms with Crippen molar-refractivity contribution in [2.24, 2.45) is 7.05 Å². The largest absolute Gasteiger partial charge is 0.387 e. The Hall–Kier alpha value is -0.460. The molecule has 2 N–H and O–H groups in total. The molecular formula is C13H19BrN2O2S. The minimum absolute atomic E-state index is 0.145. The maximum Gasteiger partial charge on any atom is 0.268 e. The molecule has 0 aromatic carbocycles. The molecule has 19 heavy (non-hydrogen) atoms. The van der Waals surface area contributed by atoms with Crippen molar-refractivity contribution in [1.29, 1.82) is 0 Å². The van der Waals surface area contributed by atoms with Crippen LogP contribution in [0.2, 0.25) is 0 Å². The zero-order valence-corrected chi connectivity index (χ0v) is 13.6. The van der Waals surface area contributed by atoms with E-state index in [9.17, 15) is 9.90 Å². The lowest BCUT2D eigenvalue weighted by Crippen LogP contribution is -2.57. The normalized spacial score (nSPS) is 26.0. The maximum atomic E-state index is 12.1. The first-order valence-corrected chi connectivity index (χ1v) is 8.24. The monoisotopic (exact) mass is 346 g/mol. The Balaban J connectivity index is 1.92. The van der Waals surface area contributed by atoms with Gasteiger partial charge in [0, 0.05) is 29.5 Å². The number of hydrogen-bond donors (Lipinski definition) is 2. The fourth-order valence-electron chi connectivity index (χ4n) is 2.31. The molecule has 6 heteroatoms. The van der Waals surface area contributed by atoms with Crippen molar-refractivity contribution in [3.05, 3.63) is 22.4 Å². The van der Waals surface area contributed by atoms with Gasteiger partial charge in [-0.15, -0.1) is 0 Å². The van der Waals surface area contributed by atoms with Crippen LogP contribution in [0.5, 0.6) is 0 Å². The van der Waals surface area contributed by atoms with Gasteiger partial charge < -0.3 is 15.0 Å². The molecule has 106 valence electrons. The Morgan fingerprint density at radius 3 is 2.95 bits per heavy atom. The van der Waals surface area contributed by atoms with E-state index < -0.39 is 5.60 Å². The summed E-state index contributed by atoms with van der Waals surface area (Å²) in [5, 5.41) is 13.5. The number of halogens is 1. The van der Waals surface area contributed by atoms with Crippen LogP contribution in [0.3, 0.4) is 0 Å². The first-order chi connectivity index (χ1) is 8.96. The first-order valence-electron chi connectivity index (χ1n) is 6.40. The van der Waals surface area contributed by atoms with E-state index in [0.29, 0.717) is 12.2 Å². The van der Waals surface area contributed by atoms with Crippen LogP contribution in [0.4, 0.5) is 0 Å². The highest BCUT2D eigenvalue weighted by Crippen LogP contribution is 2.40. The summed E-state index contributed by atoms with van der Waals surface area (Å²) in [6, 6.07) is 1.78. The minimum atomic E-state index is -0.737. The summed E-state index contributed by atoms with van der Waals surface area (Å²) in [5.41, 5.74) is -0.145. The van der Waals surface area contributed by atoms with Crippen LogP contribution in [-0.2, 0) is 7.05 Å². The Kier molecular flexibility index (Phi) is 4.63. The zero-order valence-electron chi connectivity index (χ0n) is 11.1. The van der Waals surface area contributed by atoms with E-state index >= 15 is 0 Å². The predicted octanol–water partition coefficient (Wildman–Crippen LogP) is 2.16. The third-order valence-electron chi connectivity index (χ3n) is 3.57. The lowest BCUT2D eigenvalue weighted by molar-refractivity contribution is -0.0222. The maximum absolute atomic E-state index is 12.1. The number of thioether (sulfide) groups is 1. The van der Waals surface area contributed by atoms with E-state index in [4.69, 9.17) is 0 Å². The number of aliphatic hydroxyl groups is 1. The number of aromatic nitrogens is 1. The molecule has 1 aliphatic carbocycles. The van der Waals surface area contributed by atoms with Gasteiger partial charge in [0.05, 0.1) is 5.60 Å². The van der Waals surface area contributed by atoms with Gasteiger partial charge in [0.25, 0.3) is 5.91 Å². The second-order valence-electron chi connectivity index (χ2n) is 4.92. The molecule has 2 atom stereocenters. The van der Waals surface area contributed by atoms with Gasteiger partial charge in [0.15, 0.2) is 0 Å². The summed E-state index contributed by atoms with van der Waals surface area (Å²) in [6.07, 6.45) is 3.63. The van der Waals surface area contributed by atoms with Crippen molar-refractivity contribution in [3.8, 4) is 0 Å². The molecule has 1 aromatic heterocycles. The van der Waals surface area contributed by atoms with Gasteiger partial charge in [-0.2, -0.15) is 11.8 Å². The van der Waals surface area contributed by atoms with Crippen molar-refractivity contribution in [2.45, 2.75) is 30.6 Å². The molecule has 1 heterocycles. The molecule has 1 aromatic rings. The Morgan fingerprint density at radius 1 is 1.74 bits per heavy atom. The van der Waals surface area contributed by atoms with Gasteiger partial charge in [-0.05, 0) is 40.6 Å². The number of nitrogens with one attached hydrogen (secondary N) is 1. The summed E-state index contributed by atoms with van der Waals surface area (Å²) in [7, 11) is 1.83. The van der Waals surface area contributed by atoms with Crippen molar-refractivity contribution in [3.63, 3.8) is 0 Å². The number of rotatable bonds is 5. The van der Waals surface area contributed by atoms with Gasteiger partial charge in [0.1, 0.15) is 5.69 Å². The second kappa shape index (κ2) is 5.89. The topological polar surface area (TPSA) is 54.3 Å². The first kappa shape index (κ1) is 14.9. The minimum Gasteiger partial charge on any atom is -0.387 e. The fraction of sp³-hybridized carbons (Fsp3) is 0.615. The number of aryl methyl sites for hydroxylation is 1. The SMILES string of the molecule is CCS[C@@H]1CC[C@]1(O)CNC(=O)c1cc(Br)cn1C. The van der Waals surface area contributed by atoms with Crippen LogP contribution in [-0.4, -0.2) is 38.7 Å². The molecule has 0 radical (unpaired) electrons. The Bertz CT molecular complexity index is 477. The number of amides is 1. The average Bonchev–Trinajstić information content (AvgIpc) is 2.70. The molecule has 0 aliphatic heterocycles. The molecule has 0 bridgehead atoms. The lowest BCUT2D eigenvalue weighted by Gasteiger charge is -2.45. The van der Waals surface area contributed by atoms with Crippen LogP contribution in [0.15, 0.2) is 16.7 Å². The fourth-order valence-corrected chi connectivity index (χ4v) is 4.03. The van der Waals surface area contributed by atoms with Gasteiger partial charge in [0.2, 0.25) is 0 Å². The van der Waals surface area contributed by atoms with Gasteiger partial charge in [-0.25, -0.2) is 0 Å². The van der Waals surface area contributed by atoms with Crippen LogP contribution >= 0.6 is 27.7 Å². The van der Waals surface area contributed by atoms with Gasteiger partial charge >= 0.3 is 0 Å². The Morgan fingerprint density at radius 2 is 2.47 bits per heavy atom. The predicted molar refractivity (Wildman–Crippen MR) is 81.6 cm³/mol. The molecule has 1 fully saturated rings. The molecular weight excluding hydrogens is 328 g/mol. The van der Waals surface area contributed by atoms with Crippen LogP contribution in [0, 0.1) is 0 Å². The van der Waals surface area contributed by atoms with Crippen molar-refractivity contribution >= 4 is 33.6 Å². The zero-order chi connectivity index (χ0) is 14.0. The third kappa shape index (κ3) is 3.17. The summed E-state index contributed by atoms with van der Waals surface area (Å²) in [6.45, 7) is 2.41. The molecule has 1 aliphatic rings. The molecule has 4 nitrogen and oxygen atoms in total. The van der Waals surface area contributed by atoms with Crippen LogP contribution in [0.25, 0.3) is 0 Å². The highest BCUT2D eigenvalue weighted by molar-refractivity contribution is 9.10. The molecule has 1 amide bonds. The summed E-state index contributed by atoms with van der Waals surface area (Å²) < 4.78 is 2.64. The van der Waals surface area contributed by atoms with E-state index in [2.05, 4.69) is 28.2 Å². The summed E-state index contributed by atoms with van der Waals surface area (Å²) in [4.78, 5) is 12.1. The number of carbonyl (C=O) groups excluding carboxylic acids is 1. The Labute approximate surface area is 126 Å². The molecule has 2 rings (SSSR count). The smallest absolute Gasteiger partial charge is 0.268 e. The third-order valence-corrected chi connectivity index (χ3v) is 5.41. The summed E-state index contributed by atoms with van der Waals surface area (Å²) >= 11 is 5.11. The number of carbonyl (C=O) groups is 1. The van der Waals surface area contributed by atoms with Crippen LogP contribution in [0.1, 0.15) is 30.3 Å². The van der Waals surface area contributed by atoms with E-state index in [1.54, 1.807) is 22.4 Å². The average molecular weight is 347 g/mol. The lowest BCUT2D eigenvalue weighted by atomic mass is 9.79. The van der Waals surface area contributed by atoms with Crippen LogP contribution < -0.4 is 5.32 Å². The standard InChI is InChI=1S/C13H19BrN2O2S/c1-3-19-11-4-5-13(11,18)8-15-12(17)10-6-9(14)7-16(10)2/h6-7,11,18H,3-5,8H2,1-2H3,(H,15,17)/t11-,13+/m1/s1. The van der Waals surface area contributed by atoms with Crippen molar-refractivity contribution in [2.75, 3.05) is 12.3 Å². The molecule has 0 unspecified atom stereocenters. The van der Waals surface area contributed by atoms with Gasteiger partial charge in [-0.3, -0.25) is 4.79 Å². The number of nitrogens with zero attached hydrogens (tertiary/aromatic N) is 1. The van der Waals surface area contributed by atoms with Crippen molar-refractivity contribution < 1.29 is 9.90 Å². The quantitative estimate of drug-likeness (QED) is 0.858. The van der Waals surface area contributed by atoms with Gasteiger partial charge in [-0.1, -0.05) is 6.92 Å².